The summed E-state index contributed by atoms with van der Waals surface area (Å²) < 4.78 is 1.59. The summed E-state index contributed by atoms with van der Waals surface area (Å²) in [5.74, 6) is -1.29. The zero-order valence-electron chi connectivity index (χ0n) is 10.1. The van der Waals surface area contributed by atoms with Crippen LogP contribution in [0.3, 0.4) is 0 Å². The first kappa shape index (κ1) is 14.0. The van der Waals surface area contributed by atoms with Gasteiger partial charge in [0.1, 0.15) is 0 Å². The monoisotopic (exact) mass is 256 g/mol. The third-order valence-corrected chi connectivity index (χ3v) is 2.39. The van der Waals surface area contributed by atoms with Gasteiger partial charge in [-0.05, 0) is 13.0 Å². The van der Waals surface area contributed by atoms with Gasteiger partial charge < -0.3 is 20.8 Å². The van der Waals surface area contributed by atoms with Crippen molar-refractivity contribution in [1.82, 2.24) is 20.4 Å². The summed E-state index contributed by atoms with van der Waals surface area (Å²) in [5, 5.41) is 26.5. The Morgan fingerprint density at radius 2 is 2.22 bits per heavy atom. The summed E-state index contributed by atoms with van der Waals surface area (Å²) in [6, 6.07) is -0.273. The standard InChI is InChI=1S/C10H16N4O4/c1-6(15)8(9(16)17)13-10(18)11-5-7-3-4-12-14(7)2/h3-4,6,8,15H,5H2,1-2H3,(H,16,17)(H2,11,13,18)/t6-,8+/m1/s1. The lowest BCUT2D eigenvalue weighted by atomic mass is 10.2. The first-order valence-electron chi connectivity index (χ1n) is 5.34. The molecule has 0 aliphatic rings. The normalized spacial score (nSPS) is 13.7. The number of hydrogen-bond donors (Lipinski definition) is 4. The second kappa shape index (κ2) is 6.01. The molecular formula is C10H16N4O4. The largest absolute Gasteiger partial charge is 0.480 e. The number of carboxylic acid groups (broad SMARTS) is 1. The summed E-state index contributed by atoms with van der Waals surface area (Å²) in [5.41, 5.74) is 0.772. The minimum atomic E-state index is -1.34. The molecule has 0 radical (unpaired) electrons. The molecule has 1 rings (SSSR count). The smallest absolute Gasteiger partial charge is 0.328 e. The topological polar surface area (TPSA) is 116 Å². The average Bonchev–Trinajstić information content (AvgIpc) is 2.68. The number of nitrogens with one attached hydrogen (secondary N) is 2. The highest BCUT2D eigenvalue weighted by Crippen LogP contribution is 1.96. The van der Waals surface area contributed by atoms with Crippen LogP contribution in [0.2, 0.25) is 0 Å². The molecule has 1 aromatic rings. The predicted octanol–water partition coefficient (Wildman–Crippen LogP) is -0.947. The summed E-state index contributed by atoms with van der Waals surface area (Å²) in [4.78, 5) is 22.2. The maximum atomic E-state index is 11.4. The molecule has 8 nitrogen and oxygen atoms in total. The Morgan fingerprint density at radius 1 is 1.56 bits per heavy atom. The van der Waals surface area contributed by atoms with Gasteiger partial charge in [0, 0.05) is 13.2 Å². The number of aliphatic carboxylic acids is 1. The van der Waals surface area contributed by atoms with Crippen molar-refractivity contribution < 1.29 is 19.8 Å². The van der Waals surface area contributed by atoms with Gasteiger partial charge in [0.2, 0.25) is 0 Å². The molecule has 0 aliphatic carbocycles. The van der Waals surface area contributed by atoms with Crippen LogP contribution >= 0.6 is 0 Å². The van der Waals surface area contributed by atoms with E-state index in [1.807, 2.05) is 0 Å². The number of aliphatic hydroxyl groups is 1. The molecule has 100 valence electrons. The van der Waals surface area contributed by atoms with Gasteiger partial charge in [-0.1, -0.05) is 0 Å². The molecule has 0 aromatic carbocycles. The lowest BCUT2D eigenvalue weighted by molar-refractivity contribution is -0.141. The van der Waals surface area contributed by atoms with Gasteiger partial charge in [0.05, 0.1) is 18.3 Å². The van der Waals surface area contributed by atoms with Gasteiger partial charge in [-0.15, -0.1) is 0 Å². The maximum Gasteiger partial charge on any atom is 0.328 e. The number of aromatic nitrogens is 2. The molecule has 0 aliphatic heterocycles. The van der Waals surface area contributed by atoms with Crippen LogP contribution in [0, 0.1) is 0 Å². The fraction of sp³-hybridized carbons (Fsp3) is 0.500. The van der Waals surface area contributed by atoms with E-state index in [0.717, 1.165) is 5.69 Å². The van der Waals surface area contributed by atoms with Gasteiger partial charge in [0.15, 0.2) is 6.04 Å². The molecule has 0 saturated heterocycles. The number of nitrogens with zero attached hydrogens (tertiary/aromatic N) is 2. The van der Waals surface area contributed by atoms with Crippen LogP contribution in [-0.4, -0.2) is 44.1 Å². The third-order valence-electron chi connectivity index (χ3n) is 2.39. The lowest BCUT2D eigenvalue weighted by Gasteiger charge is -2.17. The molecule has 4 N–H and O–H groups in total. The van der Waals surface area contributed by atoms with Crippen molar-refractivity contribution in [3.05, 3.63) is 18.0 Å². The van der Waals surface area contributed by atoms with E-state index in [1.165, 1.54) is 6.92 Å². The van der Waals surface area contributed by atoms with Crippen molar-refractivity contribution in [2.75, 3.05) is 0 Å². The van der Waals surface area contributed by atoms with Gasteiger partial charge in [0.25, 0.3) is 0 Å². The molecule has 0 spiro atoms. The number of amides is 2. The average molecular weight is 256 g/mol. The Bertz CT molecular complexity index is 429. The predicted molar refractivity (Wildman–Crippen MR) is 61.7 cm³/mol. The van der Waals surface area contributed by atoms with Crippen molar-refractivity contribution in [1.29, 1.82) is 0 Å². The second-order valence-corrected chi connectivity index (χ2v) is 3.83. The number of hydrogen-bond acceptors (Lipinski definition) is 4. The van der Waals surface area contributed by atoms with E-state index in [2.05, 4.69) is 15.7 Å². The highest BCUT2D eigenvalue weighted by molar-refractivity contribution is 5.82. The maximum absolute atomic E-state index is 11.4. The van der Waals surface area contributed by atoms with E-state index >= 15 is 0 Å². The minimum Gasteiger partial charge on any atom is -0.480 e. The number of urea groups is 1. The number of carbonyl (C=O) groups is 2. The Balaban J connectivity index is 2.46. The Hall–Kier alpha value is -2.09. The molecule has 2 amide bonds. The minimum absolute atomic E-state index is 0.217. The molecular weight excluding hydrogens is 240 g/mol. The number of aryl methyl sites for hydroxylation is 1. The summed E-state index contributed by atoms with van der Waals surface area (Å²) in [6.07, 6.45) is 0.412. The Labute approximate surface area is 104 Å². The van der Waals surface area contributed by atoms with Crippen molar-refractivity contribution >= 4 is 12.0 Å². The first-order chi connectivity index (χ1) is 8.41. The third kappa shape index (κ3) is 3.74. The second-order valence-electron chi connectivity index (χ2n) is 3.83. The highest BCUT2D eigenvalue weighted by Gasteiger charge is 2.24. The van der Waals surface area contributed by atoms with Crippen LogP contribution in [0.25, 0.3) is 0 Å². The molecule has 0 saturated carbocycles. The molecule has 2 atom stereocenters. The van der Waals surface area contributed by atoms with Crippen molar-refractivity contribution in [2.24, 2.45) is 7.05 Å². The molecule has 0 bridgehead atoms. The van der Waals surface area contributed by atoms with Gasteiger partial charge in [-0.2, -0.15) is 5.10 Å². The quantitative estimate of drug-likeness (QED) is 0.542. The van der Waals surface area contributed by atoms with Crippen LogP contribution in [0.15, 0.2) is 12.3 Å². The first-order valence-corrected chi connectivity index (χ1v) is 5.34. The van der Waals surface area contributed by atoms with Crippen molar-refractivity contribution in [2.45, 2.75) is 25.6 Å². The van der Waals surface area contributed by atoms with Gasteiger partial charge >= 0.3 is 12.0 Å². The summed E-state index contributed by atoms with van der Waals surface area (Å²) in [6.45, 7) is 1.51. The Kier molecular flexibility index (Phi) is 4.67. The van der Waals surface area contributed by atoms with Crippen molar-refractivity contribution in [3.8, 4) is 0 Å². The van der Waals surface area contributed by atoms with Crippen LogP contribution in [0.1, 0.15) is 12.6 Å². The molecule has 0 unspecified atom stereocenters. The van der Waals surface area contributed by atoms with Crippen LogP contribution in [-0.2, 0) is 18.4 Å². The van der Waals surface area contributed by atoms with Gasteiger partial charge in [-0.3, -0.25) is 4.68 Å². The zero-order chi connectivity index (χ0) is 13.7. The summed E-state index contributed by atoms with van der Waals surface area (Å²) >= 11 is 0. The number of carbonyl (C=O) groups excluding carboxylic acids is 1. The molecule has 1 heterocycles. The summed E-state index contributed by atoms with van der Waals surface area (Å²) in [7, 11) is 1.73. The van der Waals surface area contributed by atoms with E-state index in [1.54, 1.807) is 24.0 Å². The van der Waals surface area contributed by atoms with E-state index < -0.39 is 24.1 Å². The molecule has 8 heteroatoms. The zero-order valence-corrected chi connectivity index (χ0v) is 10.1. The number of carboxylic acids is 1. The molecule has 1 aromatic heterocycles. The molecule has 0 fully saturated rings. The molecule has 18 heavy (non-hydrogen) atoms. The fourth-order valence-corrected chi connectivity index (χ4v) is 1.33. The van der Waals surface area contributed by atoms with E-state index in [9.17, 15) is 14.7 Å². The van der Waals surface area contributed by atoms with E-state index in [0.29, 0.717) is 0 Å². The number of rotatable bonds is 5. The van der Waals surface area contributed by atoms with Crippen LogP contribution in [0.5, 0.6) is 0 Å². The van der Waals surface area contributed by atoms with E-state index in [4.69, 9.17) is 5.11 Å². The van der Waals surface area contributed by atoms with E-state index in [-0.39, 0.29) is 6.54 Å². The number of aliphatic hydroxyl groups excluding tert-OH is 1. The fourth-order valence-electron chi connectivity index (χ4n) is 1.33. The highest BCUT2D eigenvalue weighted by atomic mass is 16.4. The lowest BCUT2D eigenvalue weighted by Crippen LogP contribution is -2.51. The SMILES string of the molecule is C[C@@H](O)[C@H](NC(=O)NCc1ccnn1C)C(=O)O. The van der Waals surface area contributed by atoms with Gasteiger partial charge in [-0.25, -0.2) is 9.59 Å². The van der Waals surface area contributed by atoms with Crippen molar-refractivity contribution in [3.63, 3.8) is 0 Å². The Morgan fingerprint density at radius 3 is 2.67 bits per heavy atom. The van der Waals surface area contributed by atoms with Crippen LogP contribution < -0.4 is 10.6 Å². The van der Waals surface area contributed by atoms with Crippen LogP contribution in [0.4, 0.5) is 4.79 Å².